The van der Waals surface area contributed by atoms with E-state index < -0.39 is 0 Å². The summed E-state index contributed by atoms with van der Waals surface area (Å²) in [5.74, 6) is -0.131. The third kappa shape index (κ3) is 3.37. The number of carbonyl (C=O) groups is 1. The van der Waals surface area contributed by atoms with Crippen molar-refractivity contribution in [1.82, 2.24) is 0 Å². The summed E-state index contributed by atoms with van der Waals surface area (Å²) in [6.45, 7) is 8.46. The molecule has 0 saturated carbocycles. The highest BCUT2D eigenvalue weighted by molar-refractivity contribution is 5.71. The summed E-state index contributed by atoms with van der Waals surface area (Å²) in [6, 6.07) is 8.30. The Kier molecular flexibility index (Phi) is 4.11. The summed E-state index contributed by atoms with van der Waals surface area (Å²) >= 11 is 0. The molecule has 0 bridgehead atoms. The second kappa shape index (κ2) is 5.15. The van der Waals surface area contributed by atoms with Crippen LogP contribution in [0.15, 0.2) is 24.3 Å². The average molecular weight is 220 g/mol. The van der Waals surface area contributed by atoms with Crippen molar-refractivity contribution < 1.29 is 9.53 Å². The minimum atomic E-state index is -0.167. The van der Waals surface area contributed by atoms with E-state index in [0.717, 1.165) is 0 Å². The third-order valence-electron chi connectivity index (χ3n) is 2.72. The molecular weight excluding hydrogens is 200 g/mol. The first kappa shape index (κ1) is 12.8. The average Bonchev–Trinajstić information content (AvgIpc) is 2.17. The fraction of sp³-hybridized carbons (Fsp3) is 0.500. The van der Waals surface area contributed by atoms with Crippen LogP contribution in [0.1, 0.15) is 38.3 Å². The zero-order valence-electron chi connectivity index (χ0n) is 10.5. The van der Waals surface area contributed by atoms with Crippen LogP contribution in [0.3, 0.4) is 0 Å². The largest absolute Gasteiger partial charge is 0.466 e. The van der Waals surface area contributed by atoms with Crippen LogP contribution in [0.4, 0.5) is 0 Å². The highest BCUT2D eigenvalue weighted by atomic mass is 16.5. The molecule has 0 aliphatic rings. The maximum absolute atomic E-state index is 11.5. The van der Waals surface area contributed by atoms with Gasteiger partial charge in [0.25, 0.3) is 0 Å². The molecule has 0 aliphatic heterocycles. The fourth-order valence-corrected chi connectivity index (χ4v) is 1.68. The van der Waals surface area contributed by atoms with Crippen molar-refractivity contribution in [2.24, 2.45) is 0 Å². The number of carbonyl (C=O) groups excluding carboxylic acids is 1. The van der Waals surface area contributed by atoms with Gasteiger partial charge in [-0.15, -0.1) is 0 Å². The van der Waals surface area contributed by atoms with Gasteiger partial charge in [-0.25, -0.2) is 0 Å². The number of rotatable bonds is 4. The first-order valence-corrected chi connectivity index (χ1v) is 5.68. The monoisotopic (exact) mass is 220 g/mol. The topological polar surface area (TPSA) is 26.3 Å². The molecule has 0 aromatic heterocycles. The molecule has 0 amide bonds. The standard InChI is InChI=1S/C14H20O2/c1-5-16-13(15)10-14(3,4)12-8-6-11(2)7-9-12/h6-9H,5,10H2,1-4H3. The van der Waals surface area contributed by atoms with Gasteiger partial charge in [0, 0.05) is 5.41 Å². The summed E-state index contributed by atoms with van der Waals surface area (Å²) in [5, 5.41) is 0. The minimum absolute atomic E-state index is 0.131. The quantitative estimate of drug-likeness (QED) is 0.728. The van der Waals surface area contributed by atoms with Crippen molar-refractivity contribution in [1.29, 1.82) is 0 Å². The van der Waals surface area contributed by atoms with Gasteiger partial charge in [0.15, 0.2) is 0 Å². The first-order chi connectivity index (χ1) is 7.45. The molecule has 1 rings (SSSR count). The van der Waals surface area contributed by atoms with Crippen LogP contribution in [-0.2, 0) is 14.9 Å². The number of ether oxygens (including phenoxy) is 1. The second-order valence-electron chi connectivity index (χ2n) is 4.73. The molecule has 0 radical (unpaired) electrons. The van der Waals surface area contributed by atoms with E-state index in [4.69, 9.17) is 4.74 Å². The molecule has 0 heterocycles. The van der Waals surface area contributed by atoms with Gasteiger partial charge < -0.3 is 4.74 Å². The maximum atomic E-state index is 11.5. The van der Waals surface area contributed by atoms with E-state index in [0.29, 0.717) is 13.0 Å². The molecule has 0 unspecified atom stereocenters. The van der Waals surface area contributed by atoms with Gasteiger partial charge in [-0.2, -0.15) is 0 Å². The van der Waals surface area contributed by atoms with Crippen LogP contribution < -0.4 is 0 Å². The zero-order chi connectivity index (χ0) is 12.2. The smallest absolute Gasteiger partial charge is 0.306 e. The molecule has 0 atom stereocenters. The van der Waals surface area contributed by atoms with Crippen molar-refractivity contribution in [3.63, 3.8) is 0 Å². The van der Waals surface area contributed by atoms with Crippen LogP contribution in [-0.4, -0.2) is 12.6 Å². The molecule has 0 spiro atoms. The van der Waals surface area contributed by atoms with Gasteiger partial charge >= 0.3 is 5.97 Å². The van der Waals surface area contributed by atoms with Crippen molar-refractivity contribution in [2.75, 3.05) is 6.61 Å². The SMILES string of the molecule is CCOC(=O)CC(C)(C)c1ccc(C)cc1. The fourth-order valence-electron chi connectivity index (χ4n) is 1.68. The molecule has 16 heavy (non-hydrogen) atoms. The van der Waals surface area contributed by atoms with E-state index in [1.165, 1.54) is 11.1 Å². The van der Waals surface area contributed by atoms with Crippen LogP contribution in [0, 0.1) is 6.92 Å². The van der Waals surface area contributed by atoms with E-state index in [1.807, 2.05) is 6.92 Å². The summed E-state index contributed by atoms with van der Waals surface area (Å²) < 4.78 is 4.98. The Morgan fingerprint density at radius 3 is 2.31 bits per heavy atom. The number of benzene rings is 1. The van der Waals surface area contributed by atoms with Gasteiger partial charge in [-0.05, 0) is 19.4 Å². The Morgan fingerprint density at radius 1 is 1.25 bits per heavy atom. The maximum Gasteiger partial charge on any atom is 0.306 e. The third-order valence-corrected chi connectivity index (χ3v) is 2.72. The van der Waals surface area contributed by atoms with Gasteiger partial charge in [-0.1, -0.05) is 43.7 Å². The zero-order valence-corrected chi connectivity index (χ0v) is 10.5. The molecule has 2 heteroatoms. The molecular formula is C14H20O2. The summed E-state index contributed by atoms with van der Waals surface area (Å²) in [7, 11) is 0. The lowest BCUT2D eigenvalue weighted by Crippen LogP contribution is -2.23. The highest BCUT2D eigenvalue weighted by Gasteiger charge is 2.24. The number of aryl methyl sites for hydroxylation is 1. The Hall–Kier alpha value is -1.31. The van der Waals surface area contributed by atoms with Gasteiger partial charge in [0.05, 0.1) is 13.0 Å². The van der Waals surface area contributed by atoms with Crippen LogP contribution in [0.5, 0.6) is 0 Å². The molecule has 0 aliphatic carbocycles. The first-order valence-electron chi connectivity index (χ1n) is 5.68. The lowest BCUT2D eigenvalue weighted by atomic mass is 9.81. The molecule has 0 N–H and O–H groups in total. The molecule has 0 fully saturated rings. The van der Waals surface area contributed by atoms with Crippen molar-refractivity contribution >= 4 is 5.97 Å². The predicted octanol–water partition coefficient (Wildman–Crippen LogP) is 3.23. The Bertz CT molecular complexity index is 350. The Balaban J connectivity index is 2.76. The van der Waals surface area contributed by atoms with E-state index in [9.17, 15) is 4.79 Å². The van der Waals surface area contributed by atoms with E-state index in [-0.39, 0.29) is 11.4 Å². The summed E-state index contributed by atoms with van der Waals surface area (Å²) in [5.41, 5.74) is 2.24. The molecule has 88 valence electrons. The predicted molar refractivity (Wildman–Crippen MR) is 65.5 cm³/mol. The number of esters is 1. The van der Waals surface area contributed by atoms with E-state index >= 15 is 0 Å². The van der Waals surface area contributed by atoms with Crippen LogP contribution in [0.25, 0.3) is 0 Å². The van der Waals surface area contributed by atoms with Gasteiger partial charge in [-0.3, -0.25) is 4.79 Å². The van der Waals surface area contributed by atoms with Crippen LogP contribution in [0.2, 0.25) is 0 Å². The summed E-state index contributed by atoms with van der Waals surface area (Å²) in [6.07, 6.45) is 0.421. The molecule has 0 saturated heterocycles. The molecule has 1 aromatic rings. The highest BCUT2D eigenvalue weighted by Crippen LogP contribution is 2.27. The molecule has 2 nitrogen and oxygen atoms in total. The Labute approximate surface area is 97.6 Å². The van der Waals surface area contributed by atoms with Crippen LogP contribution >= 0.6 is 0 Å². The second-order valence-corrected chi connectivity index (χ2v) is 4.73. The lowest BCUT2D eigenvalue weighted by molar-refractivity contribution is -0.144. The van der Waals surface area contributed by atoms with E-state index in [2.05, 4.69) is 45.0 Å². The number of hydrogen-bond acceptors (Lipinski definition) is 2. The normalized spacial score (nSPS) is 11.2. The van der Waals surface area contributed by atoms with Gasteiger partial charge in [0.1, 0.15) is 0 Å². The Morgan fingerprint density at radius 2 is 1.81 bits per heavy atom. The van der Waals surface area contributed by atoms with Crippen molar-refractivity contribution in [3.8, 4) is 0 Å². The van der Waals surface area contributed by atoms with Gasteiger partial charge in [0.2, 0.25) is 0 Å². The number of hydrogen-bond donors (Lipinski definition) is 0. The van der Waals surface area contributed by atoms with E-state index in [1.54, 1.807) is 0 Å². The summed E-state index contributed by atoms with van der Waals surface area (Å²) in [4.78, 5) is 11.5. The van der Waals surface area contributed by atoms with Crippen molar-refractivity contribution in [3.05, 3.63) is 35.4 Å². The van der Waals surface area contributed by atoms with Crippen molar-refractivity contribution in [2.45, 2.75) is 39.5 Å². The molecule has 1 aromatic carbocycles. The minimum Gasteiger partial charge on any atom is -0.466 e. The lowest BCUT2D eigenvalue weighted by Gasteiger charge is -2.24.